The fourth-order valence-corrected chi connectivity index (χ4v) is 4.96. The molecule has 2 amide bonds. The lowest BCUT2D eigenvalue weighted by Crippen LogP contribution is -2.34. The minimum atomic E-state index is -0.139. The van der Waals surface area contributed by atoms with Crippen LogP contribution in [0.2, 0.25) is 0 Å². The van der Waals surface area contributed by atoms with Crippen LogP contribution >= 0.6 is 0 Å². The minimum absolute atomic E-state index is 0.139. The summed E-state index contributed by atoms with van der Waals surface area (Å²) in [5.41, 5.74) is 7.71. The Balaban J connectivity index is 1.35. The van der Waals surface area contributed by atoms with Crippen LogP contribution in [0, 0.1) is 0 Å². The van der Waals surface area contributed by atoms with Crippen molar-refractivity contribution in [2.24, 2.45) is 0 Å². The van der Waals surface area contributed by atoms with Gasteiger partial charge < -0.3 is 20.5 Å². The first-order valence-electron chi connectivity index (χ1n) is 12.5. The van der Waals surface area contributed by atoms with Gasteiger partial charge in [-0.2, -0.15) is 0 Å². The molecule has 2 aliphatic heterocycles. The standard InChI is InChI=1S/C30H27N5O2/c36-27-7-3-4-16-35(27)18-20-8-10-22(11-9-20)29(28-24-5-1-2-6-25(24)34-30(28)37)33-23-14-12-21(13-15-23)26-17-31-19-32-26/h1-2,5-6,8-15,17,19,33H,3-4,7,16,18H2,(H,31,32)(H,34,37). The summed E-state index contributed by atoms with van der Waals surface area (Å²) in [6, 6.07) is 23.8. The smallest absolute Gasteiger partial charge is 0.258 e. The molecule has 0 spiro atoms. The van der Waals surface area contributed by atoms with E-state index in [0.29, 0.717) is 18.5 Å². The van der Waals surface area contributed by atoms with Crippen LogP contribution in [0.3, 0.4) is 0 Å². The van der Waals surface area contributed by atoms with E-state index in [1.165, 1.54) is 0 Å². The molecule has 7 nitrogen and oxygen atoms in total. The number of amides is 2. The molecule has 3 aromatic carbocycles. The van der Waals surface area contributed by atoms with Crippen LogP contribution in [0.5, 0.6) is 0 Å². The quantitative estimate of drug-likeness (QED) is 0.311. The van der Waals surface area contributed by atoms with Gasteiger partial charge in [-0.05, 0) is 42.2 Å². The predicted octanol–water partition coefficient (Wildman–Crippen LogP) is 5.52. The number of fused-ring (bicyclic) bond motifs is 1. The van der Waals surface area contributed by atoms with Crippen LogP contribution in [-0.4, -0.2) is 33.2 Å². The van der Waals surface area contributed by atoms with E-state index >= 15 is 0 Å². The summed E-state index contributed by atoms with van der Waals surface area (Å²) >= 11 is 0. The summed E-state index contributed by atoms with van der Waals surface area (Å²) in [5, 5.41) is 6.50. The van der Waals surface area contributed by atoms with Gasteiger partial charge in [0, 0.05) is 48.2 Å². The average Bonchev–Trinajstić information content (AvgIpc) is 3.57. The lowest BCUT2D eigenvalue weighted by atomic mass is 9.99. The zero-order valence-corrected chi connectivity index (χ0v) is 20.3. The number of nitrogens with zero attached hydrogens (tertiary/aromatic N) is 2. The molecule has 0 radical (unpaired) electrons. The molecule has 1 saturated heterocycles. The summed E-state index contributed by atoms with van der Waals surface area (Å²) in [5.74, 6) is 0.0807. The summed E-state index contributed by atoms with van der Waals surface area (Å²) in [6.07, 6.45) is 6.17. The topological polar surface area (TPSA) is 90.1 Å². The van der Waals surface area contributed by atoms with Crippen molar-refractivity contribution in [3.8, 4) is 11.3 Å². The molecular weight excluding hydrogens is 462 g/mol. The Kier molecular flexibility index (Phi) is 6.02. The Morgan fingerprint density at radius 2 is 1.76 bits per heavy atom. The van der Waals surface area contributed by atoms with Crippen LogP contribution < -0.4 is 10.6 Å². The number of rotatable bonds is 6. The molecule has 2 aliphatic rings. The first-order valence-corrected chi connectivity index (χ1v) is 12.5. The van der Waals surface area contributed by atoms with Crippen LogP contribution in [0.4, 0.5) is 11.4 Å². The fourth-order valence-electron chi connectivity index (χ4n) is 4.96. The van der Waals surface area contributed by atoms with Crippen LogP contribution in [0.15, 0.2) is 85.3 Å². The molecule has 184 valence electrons. The number of imidazole rings is 1. The number of hydrogen-bond acceptors (Lipinski definition) is 4. The molecule has 0 aliphatic carbocycles. The Hall–Kier alpha value is -4.65. The van der Waals surface area contributed by atoms with Crippen molar-refractivity contribution in [3.63, 3.8) is 0 Å². The number of likely N-dealkylation sites (tertiary alicyclic amines) is 1. The van der Waals surface area contributed by atoms with E-state index in [9.17, 15) is 9.59 Å². The second-order valence-corrected chi connectivity index (χ2v) is 9.38. The average molecular weight is 490 g/mol. The molecule has 0 atom stereocenters. The molecule has 0 saturated carbocycles. The maximum atomic E-state index is 13.1. The third-order valence-electron chi connectivity index (χ3n) is 6.91. The summed E-state index contributed by atoms with van der Waals surface area (Å²) in [6.45, 7) is 1.42. The summed E-state index contributed by atoms with van der Waals surface area (Å²) in [4.78, 5) is 34.6. The number of aromatic amines is 1. The number of piperidine rings is 1. The molecule has 7 heteroatoms. The number of aromatic nitrogens is 2. The Bertz CT molecular complexity index is 1470. The largest absolute Gasteiger partial charge is 0.354 e. The Labute approximate surface area is 215 Å². The molecular formula is C30H27N5O2. The molecule has 6 rings (SSSR count). The molecule has 0 bridgehead atoms. The van der Waals surface area contributed by atoms with Gasteiger partial charge in [0.1, 0.15) is 0 Å². The van der Waals surface area contributed by atoms with Gasteiger partial charge in [-0.15, -0.1) is 0 Å². The number of hydrogen-bond donors (Lipinski definition) is 3. The summed E-state index contributed by atoms with van der Waals surface area (Å²) in [7, 11) is 0. The molecule has 4 aromatic rings. The first kappa shape index (κ1) is 22.8. The number of nitrogens with one attached hydrogen (secondary N) is 3. The van der Waals surface area contributed by atoms with E-state index in [1.807, 2.05) is 83.9 Å². The van der Waals surface area contributed by atoms with Crippen molar-refractivity contribution < 1.29 is 9.59 Å². The zero-order chi connectivity index (χ0) is 25.2. The second-order valence-electron chi connectivity index (χ2n) is 9.38. The lowest BCUT2D eigenvalue weighted by Gasteiger charge is -2.26. The van der Waals surface area contributed by atoms with E-state index in [4.69, 9.17) is 0 Å². The van der Waals surface area contributed by atoms with Crippen molar-refractivity contribution in [1.29, 1.82) is 0 Å². The molecule has 0 unspecified atom stereocenters. The first-order chi connectivity index (χ1) is 18.2. The van der Waals surface area contributed by atoms with Gasteiger partial charge in [-0.1, -0.05) is 54.6 Å². The van der Waals surface area contributed by atoms with E-state index in [2.05, 4.69) is 20.6 Å². The van der Waals surface area contributed by atoms with Crippen LogP contribution in [0.25, 0.3) is 22.5 Å². The van der Waals surface area contributed by atoms with Crippen molar-refractivity contribution in [2.75, 3.05) is 17.2 Å². The molecule has 37 heavy (non-hydrogen) atoms. The Morgan fingerprint density at radius 3 is 2.51 bits per heavy atom. The monoisotopic (exact) mass is 489 g/mol. The maximum absolute atomic E-state index is 13.1. The number of anilines is 2. The summed E-state index contributed by atoms with van der Waals surface area (Å²) < 4.78 is 0. The van der Waals surface area contributed by atoms with Crippen molar-refractivity contribution in [1.82, 2.24) is 14.9 Å². The van der Waals surface area contributed by atoms with E-state index in [-0.39, 0.29) is 11.8 Å². The third kappa shape index (κ3) is 4.63. The van der Waals surface area contributed by atoms with Gasteiger partial charge in [0.25, 0.3) is 5.91 Å². The van der Waals surface area contributed by atoms with E-state index in [0.717, 1.165) is 64.4 Å². The number of para-hydroxylation sites is 1. The molecule has 3 N–H and O–H groups in total. The van der Waals surface area contributed by atoms with Gasteiger partial charge in [0.05, 0.1) is 23.3 Å². The molecule has 3 heterocycles. The third-order valence-corrected chi connectivity index (χ3v) is 6.91. The van der Waals surface area contributed by atoms with Gasteiger partial charge in [0.15, 0.2) is 0 Å². The normalized spacial score (nSPS) is 16.4. The lowest BCUT2D eigenvalue weighted by molar-refractivity contribution is -0.133. The van der Waals surface area contributed by atoms with E-state index in [1.54, 1.807) is 6.33 Å². The van der Waals surface area contributed by atoms with Gasteiger partial charge >= 0.3 is 0 Å². The number of benzene rings is 3. The van der Waals surface area contributed by atoms with Crippen LogP contribution in [0.1, 0.15) is 36.0 Å². The van der Waals surface area contributed by atoms with Crippen molar-refractivity contribution in [2.45, 2.75) is 25.8 Å². The SMILES string of the molecule is O=C1Nc2ccccc2C1=C(Nc1ccc(-c2c[nH]cn2)cc1)c1ccc(CN2CCCCC2=O)cc1. The van der Waals surface area contributed by atoms with Crippen LogP contribution in [-0.2, 0) is 16.1 Å². The zero-order valence-electron chi connectivity index (χ0n) is 20.3. The number of carbonyl (C=O) groups is 2. The van der Waals surface area contributed by atoms with Crippen molar-refractivity contribution in [3.05, 3.63) is 102 Å². The Morgan fingerprint density at radius 1 is 0.946 bits per heavy atom. The van der Waals surface area contributed by atoms with Gasteiger partial charge in [-0.3, -0.25) is 9.59 Å². The van der Waals surface area contributed by atoms with Gasteiger partial charge in [-0.25, -0.2) is 4.98 Å². The predicted molar refractivity (Wildman–Crippen MR) is 145 cm³/mol. The highest BCUT2D eigenvalue weighted by atomic mass is 16.2. The number of carbonyl (C=O) groups excluding carboxylic acids is 2. The highest BCUT2D eigenvalue weighted by molar-refractivity contribution is 6.37. The highest BCUT2D eigenvalue weighted by Gasteiger charge is 2.28. The van der Waals surface area contributed by atoms with Crippen molar-refractivity contribution >= 4 is 34.5 Å². The van der Waals surface area contributed by atoms with E-state index < -0.39 is 0 Å². The highest BCUT2D eigenvalue weighted by Crippen LogP contribution is 2.37. The fraction of sp³-hybridized carbons (Fsp3) is 0.167. The molecule has 1 aromatic heterocycles. The second kappa shape index (κ2) is 9.78. The molecule has 1 fully saturated rings. The van der Waals surface area contributed by atoms with Gasteiger partial charge in [0.2, 0.25) is 5.91 Å². The number of H-pyrrole nitrogens is 1. The maximum Gasteiger partial charge on any atom is 0.258 e. The minimum Gasteiger partial charge on any atom is -0.354 e.